The SMILES string of the molecule is COCCn1c(C#N)cc(N)c1N1CCCC(C)C1. The number of aromatic nitrogens is 1. The van der Waals surface area contributed by atoms with E-state index in [0.29, 0.717) is 30.5 Å². The quantitative estimate of drug-likeness (QED) is 0.899. The number of anilines is 2. The Hall–Kier alpha value is -1.67. The summed E-state index contributed by atoms with van der Waals surface area (Å²) < 4.78 is 7.11. The van der Waals surface area contributed by atoms with E-state index in [-0.39, 0.29) is 0 Å². The van der Waals surface area contributed by atoms with E-state index in [1.54, 1.807) is 13.2 Å². The van der Waals surface area contributed by atoms with Crippen LogP contribution in [0.3, 0.4) is 0 Å². The minimum atomic E-state index is 0.583. The number of hydrogen-bond acceptors (Lipinski definition) is 4. The molecule has 1 aromatic rings. The normalized spacial score (nSPS) is 19.4. The predicted molar refractivity (Wildman–Crippen MR) is 76.0 cm³/mol. The Labute approximate surface area is 114 Å². The van der Waals surface area contributed by atoms with Gasteiger partial charge in [0.2, 0.25) is 0 Å². The van der Waals surface area contributed by atoms with Crippen LogP contribution in [0.5, 0.6) is 0 Å². The molecule has 2 heterocycles. The Morgan fingerprint density at radius 3 is 3.00 bits per heavy atom. The number of hydrogen-bond donors (Lipinski definition) is 1. The molecule has 19 heavy (non-hydrogen) atoms. The third-order valence-corrected chi connectivity index (χ3v) is 3.69. The van der Waals surface area contributed by atoms with Crippen LogP contribution in [0.2, 0.25) is 0 Å². The Morgan fingerprint density at radius 2 is 2.37 bits per heavy atom. The summed E-state index contributed by atoms with van der Waals surface area (Å²) >= 11 is 0. The van der Waals surface area contributed by atoms with Gasteiger partial charge in [0.25, 0.3) is 0 Å². The maximum Gasteiger partial charge on any atom is 0.133 e. The number of rotatable bonds is 4. The van der Waals surface area contributed by atoms with Gasteiger partial charge in [-0.2, -0.15) is 5.26 Å². The summed E-state index contributed by atoms with van der Waals surface area (Å²) in [5.41, 5.74) is 7.42. The van der Waals surface area contributed by atoms with Crippen molar-refractivity contribution < 1.29 is 4.74 Å². The summed E-state index contributed by atoms with van der Waals surface area (Å²) in [6, 6.07) is 3.98. The molecule has 1 atom stereocenters. The van der Waals surface area contributed by atoms with E-state index in [0.717, 1.165) is 18.9 Å². The molecule has 104 valence electrons. The van der Waals surface area contributed by atoms with Gasteiger partial charge < -0.3 is 19.9 Å². The molecule has 0 amide bonds. The lowest BCUT2D eigenvalue weighted by molar-refractivity contribution is 0.187. The van der Waals surface area contributed by atoms with E-state index in [2.05, 4.69) is 17.9 Å². The molecule has 0 saturated carbocycles. The smallest absolute Gasteiger partial charge is 0.133 e. The van der Waals surface area contributed by atoms with Crippen molar-refractivity contribution in [2.24, 2.45) is 5.92 Å². The highest BCUT2D eigenvalue weighted by Crippen LogP contribution is 2.31. The molecule has 0 aliphatic carbocycles. The standard InChI is InChI=1S/C14H22N4O/c1-11-4-3-5-17(10-11)14-13(16)8-12(9-15)18(14)6-7-19-2/h8,11H,3-7,10,16H2,1-2H3. The first-order valence-electron chi connectivity index (χ1n) is 6.80. The number of piperidine rings is 1. The van der Waals surface area contributed by atoms with Gasteiger partial charge in [-0.1, -0.05) is 6.92 Å². The highest BCUT2D eigenvalue weighted by atomic mass is 16.5. The van der Waals surface area contributed by atoms with E-state index in [1.165, 1.54) is 12.8 Å². The van der Waals surface area contributed by atoms with E-state index < -0.39 is 0 Å². The zero-order valence-electron chi connectivity index (χ0n) is 11.7. The molecule has 2 N–H and O–H groups in total. The number of methoxy groups -OCH3 is 1. The fourth-order valence-electron chi connectivity index (χ4n) is 2.80. The first kappa shape index (κ1) is 13.8. The molecule has 1 saturated heterocycles. The van der Waals surface area contributed by atoms with Gasteiger partial charge in [0.1, 0.15) is 17.6 Å². The lowest BCUT2D eigenvalue weighted by atomic mass is 10.0. The van der Waals surface area contributed by atoms with Crippen LogP contribution in [-0.4, -0.2) is 31.4 Å². The number of nitrogens with zero attached hydrogens (tertiary/aromatic N) is 3. The fraction of sp³-hybridized carbons (Fsp3) is 0.643. The number of ether oxygens (including phenoxy) is 1. The Morgan fingerprint density at radius 1 is 1.58 bits per heavy atom. The monoisotopic (exact) mass is 262 g/mol. The molecular formula is C14H22N4O. The first-order valence-corrected chi connectivity index (χ1v) is 6.80. The van der Waals surface area contributed by atoms with Crippen molar-refractivity contribution in [3.05, 3.63) is 11.8 Å². The van der Waals surface area contributed by atoms with E-state index in [4.69, 9.17) is 10.5 Å². The second kappa shape index (κ2) is 5.98. The predicted octanol–water partition coefficient (Wildman–Crippen LogP) is 1.82. The first-order chi connectivity index (χ1) is 9.17. The van der Waals surface area contributed by atoms with Gasteiger partial charge >= 0.3 is 0 Å². The molecule has 5 heteroatoms. The maximum atomic E-state index is 9.22. The fourth-order valence-corrected chi connectivity index (χ4v) is 2.80. The van der Waals surface area contributed by atoms with Crippen molar-refractivity contribution >= 4 is 11.5 Å². The second-order valence-corrected chi connectivity index (χ2v) is 5.26. The highest BCUT2D eigenvalue weighted by Gasteiger charge is 2.23. The molecule has 1 aromatic heterocycles. The Bertz CT molecular complexity index is 475. The summed E-state index contributed by atoms with van der Waals surface area (Å²) in [5.74, 6) is 1.66. The number of nitrogens with two attached hydrogens (primary N) is 1. The molecule has 1 aliphatic heterocycles. The Kier molecular flexibility index (Phi) is 4.33. The van der Waals surface area contributed by atoms with E-state index in [1.807, 2.05) is 4.57 Å². The van der Waals surface area contributed by atoms with Crippen LogP contribution in [0.4, 0.5) is 11.5 Å². The Balaban J connectivity index is 2.32. The van der Waals surface area contributed by atoms with Crippen molar-refractivity contribution in [3.63, 3.8) is 0 Å². The number of nitriles is 1. The second-order valence-electron chi connectivity index (χ2n) is 5.26. The third kappa shape index (κ3) is 2.85. The van der Waals surface area contributed by atoms with Crippen molar-refractivity contribution in [2.75, 3.05) is 37.4 Å². The topological polar surface area (TPSA) is 67.2 Å². The van der Waals surface area contributed by atoms with Gasteiger partial charge in [-0.3, -0.25) is 0 Å². The van der Waals surface area contributed by atoms with Crippen LogP contribution < -0.4 is 10.6 Å². The summed E-state index contributed by atoms with van der Waals surface area (Å²) in [4.78, 5) is 2.31. The van der Waals surface area contributed by atoms with Crippen LogP contribution in [0.25, 0.3) is 0 Å². The largest absolute Gasteiger partial charge is 0.396 e. The summed E-state index contributed by atoms with van der Waals surface area (Å²) in [6.45, 7) is 5.52. The molecule has 1 fully saturated rings. The molecule has 0 aromatic carbocycles. The van der Waals surface area contributed by atoms with Crippen LogP contribution in [0, 0.1) is 17.2 Å². The van der Waals surface area contributed by atoms with Crippen molar-refractivity contribution in [1.29, 1.82) is 5.26 Å². The van der Waals surface area contributed by atoms with Gasteiger partial charge in [0.15, 0.2) is 0 Å². The van der Waals surface area contributed by atoms with Gasteiger partial charge in [0, 0.05) is 26.7 Å². The van der Waals surface area contributed by atoms with Crippen LogP contribution in [0.1, 0.15) is 25.5 Å². The zero-order valence-corrected chi connectivity index (χ0v) is 11.7. The van der Waals surface area contributed by atoms with Crippen molar-refractivity contribution in [2.45, 2.75) is 26.3 Å². The molecule has 5 nitrogen and oxygen atoms in total. The minimum absolute atomic E-state index is 0.583. The van der Waals surface area contributed by atoms with Gasteiger partial charge in [-0.15, -0.1) is 0 Å². The molecule has 1 unspecified atom stereocenters. The maximum absolute atomic E-state index is 9.22. The zero-order chi connectivity index (χ0) is 13.8. The molecule has 0 bridgehead atoms. The lowest BCUT2D eigenvalue weighted by Gasteiger charge is -2.33. The average Bonchev–Trinajstić information content (AvgIpc) is 2.72. The molecule has 2 rings (SSSR count). The number of nitrogen functional groups attached to an aromatic ring is 1. The molecular weight excluding hydrogens is 240 g/mol. The van der Waals surface area contributed by atoms with Crippen LogP contribution in [0.15, 0.2) is 6.07 Å². The average molecular weight is 262 g/mol. The van der Waals surface area contributed by atoms with Crippen LogP contribution in [-0.2, 0) is 11.3 Å². The van der Waals surface area contributed by atoms with Crippen molar-refractivity contribution in [3.8, 4) is 6.07 Å². The summed E-state index contributed by atoms with van der Waals surface area (Å²) in [6.07, 6.45) is 2.44. The van der Waals surface area contributed by atoms with Gasteiger partial charge in [0.05, 0.1) is 12.3 Å². The minimum Gasteiger partial charge on any atom is -0.396 e. The van der Waals surface area contributed by atoms with Crippen molar-refractivity contribution in [1.82, 2.24) is 4.57 Å². The van der Waals surface area contributed by atoms with E-state index in [9.17, 15) is 5.26 Å². The molecule has 0 spiro atoms. The summed E-state index contributed by atoms with van der Waals surface area (Å²) in [5, 5.41) is 9.22. The van der Waals surface area contributed by atoms with Crippen LogP contribution >= 0.6 is 0 Å². The highest BCUT2D eigenvalue weighted by molar-refractivity contribution is 5.68. The molecule has 1 aliphatic rings. The summed E-state index contributed by atoms with van der Waals surface area (Å²) in [7, 11) is 1.67. The van der Waals surface area contributed by atoms with Gasteiger partial charge in [-0.25, -0.2) is 0 Å². The molecule has 0 radical (unpaired) electrons. The third-order valence-electron chi connectivity index (χ3n) is 3.69. The van der Waals surface area contributed by atoms with Gasteiger partial charge in [-0.05, 0) is 24.8 Å². The van der Waals surface area contributed by atoms with E-state index >= 15 is 0 Å². The lowest BCUT2D eigenvalue weighted by Crippen LogP contribution is -2.36.